The summed E-state index contributed by atoms with van der Waals surface area (Å²) in [4.78, 5) is 16.2. The van der Waals surface area contributed by atoms with Crippen molar-refractivity contribution in [1.29, 1.82) is 0 Å². The van der Waals surface area contributed by atoms with E-state index in [1.54, 1.807) is 6.07 Å². The number of pyridine rings is 1. The number of anilines is 2. The van der Waals surface area contributed by atoms with E-state index in [2.05, 4.69) is 38.3 Å². The maximum absolute atomic E-state index is 12.1. The summed E-state index contributed by atoms with van der Waals surface area (Å²) in [6, 6.07) is 9.26. The first kappa shape index (κ1) is 13.8. The molecular weight excluding hydrogens is 355 g/mol. The van der Waals surface area contributed by atoms with Crippen LogP contribution in [-0.4, -0.2) is 10.9 Å². The van der Waals surface area contributed by atoms with Crippen molar-refractivity contribution in [1.82, 2.24) is 4.98 Å². The Balaban J connectivity index is 2.22. The van der Waals surface area contributed by atoms with Crippen LogP contribution in [0.2, 0.25) is 0 Å². The zero-order valence-corrected chi connectivity index (χ0v) is 12.4. The average Bonchev–Trinajstić information content (AvgIpc) is 2.41. The van der Waals surface area contributed by atoms with Crippen LogP contribution in [0, 0.1) is 10.5 Å². The fourth-order valence-electron chi connectivity index (χ4n) is 1.59. The second-order valence-electron chi connectivity index (χ2n) is 3.98. The summed E-state index contributed by atoms with van der Waals surface area (Å²) >= 11 is 2.21. The third kappa shape index (κ3) is 3.42. The van der Waals surface area contributed by atoms with Crippen molar-refractivity contribution >= 4 is 39.9 Å². The molecule has 1 aromatic heterocycles. The van der Waals surface area contributed by atoms with E-state index in [0.717, 1.165) is 15.0 Å². The predicted octanol–water partition coefficient (Wildman–Crippen LogP) is 2.53. The molecule has 98 valence electrons. The number of nitrogen functional groups attached to an aromatic ring is 1. The molecule has 1 amide bonds. The van der Waals surface area contributed by atoms with Crippen LogP contribution < -0.4 is 16.6 Å². The summed E-state index contributed by atoms with van der Waals surface area (Å²) in [5.41, 5.74) is 4.99. The molecule has 0 saturated carbocycles. The van der Waals surface area contributed by atoms with Crippen LogP contribution in [0.4, 0.5) is 11.4 Å². The van der Waals surface area contributed by atoms with E-state index in [0.29, 0.717) is 11.3 Å². The molecule has 1 aromatic carbocycles. The van der Waals surface area contributed by atoms with Crippen molar-refractivity contribution < 1.29 is 4.79 Å². The van der Waals surface area contributed by atoms with Gasteiger partial charge in [0.25, 0.3) is 5.91 Å². The lowest BCUT2D eigenvalue weighted by Gasteiger charge is -2.10. The smallest absolute Gasteiger partial charge is 0.259 e. The van der Waals surface area contributed by atoms with Gasteiger partial charge in [0.15, 0.2) is 0 Å². The number of carbonyl (C=O) groups is 1. The second kappa shape index (κ2) is 5.98. The molecule has 0 aliphatic carbocycles. The van der Waals surface area contributed by atoms with Crippen molar-refractivity contribution in [3.8, 4) is 0 Å². The van der Waals surface area contributed by atoms with Gasteiger partial charge in [0, 0.05) is 21.1 Å². The molecule has 0 aliphatic heterocycles. The molecule has 1 heterocycles. The standard InChI is InChI=1S/C13H13IN4O/c1-8-6-12(18-15)11(7-16-8)13(19)17-10-4-2-9(14)3-5-10/h2-7H,15H2,1H3,(H,16,18)(H,17,19). The number of aryl methyl sites for hydroxylation is 1. The fraction of sp³-hybridized carbons (Fsp3) is 0.0769. The largest absolute Gasteiger partial charge is 0.323 e. The monoisotopic (exact) mass is 368 g/mol. The molecule has 0 unspecified atom stereocenters. The lowest BCUT2D eigenvalue weighted by atomic mass is 10.2. The van der Waals surface area contributed by atoms with Crippen molar-refractivity contribution in [2.24, 2.45) is 5.84 Å². The highest BCUT2D eigenvalue weighted by atomic mass is 127. The Morgan fingerprint density at radius 3 is 2.63 bits per heavy atom. The second-order valence-corrected chi connectivity index (χ2v) is 5.22. The SMILES string of the molecule is Cc1cc(NN)c(C(=O)Nc2ccc(I)cc2)cn1. The van der Waals surface area contributed by atoms with Gasteiger partial charge in [-0.2, -0.15) is 0 Å². The van der Waals surface area contributed by atoms with E-state index in [4.69, 9.17) is 5.84 Å². The van der Waals surface area contributed by atoms with Crippen molar-refractivity contribution in [3.05, 3.63) is 51.4 Å². The van der Waals surface area contributed by atoms with E-state index in [-0.39, 0.29) is 5.91 Å². The fourth-order valence-corrected chi connectivity index (χ4v) is 1.95. The van der Waals surface area contributed by atoms with Crippen LogP contribution in [0.25, 0.3) is 0 Å². The van der Waals surface area contributed by atoms with E-state index < -0.39 is 0 Å². The lowest BCUT2D eigenvalue weighted by molar-refractivity contribution is 0.102. The third-order valence-electron chi connectivity index (χ3n) is 2.54. The zero-order chi connectivity index (χ0) is 13.8. The maximum Gasteiger partial charge on any atom is 0.259 e. The number of amides is 1. The molecular formula is C13H13IN4O. The third-order valence-corrected chi connectivity index (χ3v) is 3.26. The summed E-state index contributed by atoms with van der Waals surface area (Å²) in [6.07, 6.45) is 1.51. The summed E-state index contributed by atoms with van der Waals surface area (Å²) in [5, 5.41) is 2.80. The maximum atomic E-state index is 12.1. The van der Waals surface area contributed by atoms with Crippen LogP contribution in [0.3, 0.4) is 0 Å². The zero-order valence-electron chi connectivity index (χ0n) is 10.3. The molecule has 4 N–H and O–H groups in total. The molecule has 2 rings (SSSR count). The lowest BCUT2D eigenvalue weighted by Crippen LogP contribution is -2.18. The van der Waals surface area contributed by atoms with E-state index in [1.807, 2.05) is 31.2 Å². The number of nitrogens with two attached hydrogens (primary N) is 1. The van der Waals surface area contributed by atoms with E-state index in [9.17, 15) is 4.79 Å². The molecule has 19 heavy (non-hydrogen) atoms. The molecule has 0 aliphatic rings. The Bertz CT molecular complexity index is 598. The van der Waals surface area contributed by atoms with Gasteiger partial charge in [-0.3, -0.25) is 15.6 Å². The Morgan fingerprint density at radius 2 is 2.00 bits per heavy atom. The van der Waals surface area contributed by atoms with Gasteiger partial charge in [0.05, 0.1) is 11.3 Å². The number of rotatable bonds is 3. The number of hydrogen-bond acceptors (Lipinski definition) is 4. The minimum absolute atomic E-state index is 0.248. The van der Waals surface area contributed by atoms with Gasteiger partial charge < -0.3 is 10.7 Å². The Kier molecular flexibility index (Phi) is 4.33. The number of benzene rings is 1. The van der Waals surface area contributed by atoms with Crippen LogP contribution in [0.5, 0.6) is 0 Å². The molecule has 5 nitrogen and oxygen atoms in total. The molecule has 0 radical (unpaired) electrons. The first-order valence-corrected chi connectivity index (χ1v) is 6.68. The van der Waals surface area contributed by atoms with Crippen molar-refractivity contribution in [2.75, 3.05) is 10.7 Å². The summed E-state index contributed by atoms with van der Waals surface area (Å²) in [6.45, 7) is 1.83. The number of nitrogens with zero attached hydrogens (tertiary/aromatic N) is 1. The first-order valence-electron chi connectivity index (χ1n) is 5.60. The van der Waals surface area contributed by atoms with Gasteiger partial charge in [-0.15, -0.1) is 0 Å². The highest BCUT2D eigenvalue weighted by Gasteiger charge is 2.12. The highest BCUT2D eigenvalue weighted by molar-refractivity contribution is 14.1. The topological polar surface area (TPSA) is 80.0 Å². The number of aromatic nitrogens is 1. The average molecular weight is 368 g/mol. The van der Waals surface area contributed by atoms with E-state index in [1.165, 1.54) is 6.20 Å². The van der Waals surface area contributed by atoms with Crippen LogP contribution >= 0.6 is 22.6 Å². The van der Waals surface area contributed by atoms with Gasteiger partial charge >= 0.3 is 0 Å². The van der Waals surface area contributed by atoms with Crippen molar-refractivity contribution in [2.45, 2.75) is 6.92 Å². The molecule has 0 bridgehead atoms. The Hall–Kier alpha value is -1.67. The van der Waals surface area contributed by atoms with Crippen molar-refractivity contribution in [3.63, 3.8) is 0 Å². The molecule has 0 saturated heterocycles. The van der Waals surface area contributed by atoms with E-state index >= 15 is 0 Å². The molecule has 0 atom stereocenters. The number of halogens is 1. The minimum atomic E-state index is -0.248. The first-order chi connectivity index (χ1) is 9.10. The van der Waals surface area contributed by atoms with Crippen LogP contribution in [0.15, 0.2) is 36.5 Å². The predicted molar refractivity (Wildman–Crippen MR) is 83.9 cm³/mol. The minimum Gasteiger partial charge on any atom is -0.323 e. The number of carbonyl (C=O) groups excluding carboxylic acids is 1. The number of hydrogen-bond donors (Lipinski definition) is 3. The molecule has 0 fully saturated rings. The van der Waals surface area contributed by atoms with Crippen LogP contribution in [0.1, 0.15) is 16.1 Å². The van der Waals surface area contributed by atoms with Gasteiger partial charge in [-0.25, -0.2) is 0 Å². The van der Waals surface area contributed by atoms with Gasteiger partial charge in [-0.1, -0.05) is 0 Å². The van der Waals surface area contributed by atoms with Gasteiger partial charge in [0.1, 0.15) is 0 Å². The number of nitrogens with one attached hydrogen (secondary N) is 2. The molecule has 6 heteroatoms. The number of hydrazine groups is 1. The summed E-state index contributed by atoms with van der Waals surface area (Å²) in [7, 11) is 0. The van der Waals surface area contributed by atoms with Gasteiger partial charge in [0.2, 0.25) is 0 Å². The quantitative estimate of drug-likeness (QED) is 0.442. The molecule has 2 aromatic rings. The Morgan fingerprint density at radius 1 is 1.32 bits per heavy atom. The molecule has 0 spiro atoms. The summed E-state index contributed by atoms with van der Waals surface area (Å²) < 4.78 is 1.11. The summed E-state index contributed by atoms with van der Waals surface area (Å²) in [5.74, 6) is 5.16. The van der Waals surface area contributed by atoms with Crippen LogP contribution in [-0.2, 0) is 0 Å². The normalized spacial score (nSPS) is 10.1. The highest BCUT2D eigenvalue weighted by Crippen LogP contribution is 2.17. The Labute approximate surface area is 124 Å². The van der Waals surface area contributed by atoms with Gasteiger partial charge in [-0.05, 0) is 59.8 Å².